The maximum absolute atomic E-state index is 13.5. The van der Waals surface area contributed by atoms with Crippen LogP contribution < -0.4 is 14.5 Å². The van der Waals surface area contributed by atoms with Gasteiger partial charge in [-0.05, 0) is 29.8 Å². The molecule has 2 aromatic carbocycles. The van der Waals surface area contributed by atoms with Crippen LogP contribution in [0.25, 0.3) is 0 Å². The van der Waals surface area contributed by atoms with Crippen LogP contribution in [-0.2, 0) is 26.0 Å². The first-order valence-corrected chi connectivity index (χ1v) is 14.5. The van der Waals surface area contributed by atoms with E-state index in [0.29, 0.717) is 38.4 Å². The minimum absolute atomic E-state index is 0. The Kier molecular flexibility index (Phi) is 10.3. The third kappa shape index (κ3) is 6.36. The quantitative estimate of drug-likeness (QED) is 0.334. The highest BCUT2D eigenvalue weighted by molar-refractivity contribution is 8.02. The summed E-state index contributed by atoms with van der Waals surface area (Å²) in [7, 11) is -0.870. The SMILES string of the molecule is COc1ccc([C@H](Cc2c(Cl)c[nH+]cc2Cl)OC(=O)[C@@H]2SCCN2S(=O)(=O)c2ccccc2)cc1OC.[OH-]. The van der Waals surface area contributed by atoms with Gasteiger partial charge in [0.25, 0.3) is 0 Å². The van der Waals surface area contributed by atoms with Gasteiger partial charge in [0.2, 0.25) is 10.0 Å². The van der Waals surface area contributed by atoms with E-state index in [4.69, 9.17) is 37.4 Å². The molecular formula is C25H26Cl2N2O7S2. The zero-order valence-corrected chi connectivity index (χ0v) is 23.6. The zero-order valence-electron chi connectivity index (χ0n) is 20.5. The number of nitrogens with zero attached hydrogens (tertiary/aromatic N) is 1. The Labute approximate surface area is 235 Å². The van der Waals surface area contributed by atoms with Gasteiger partial charge in [-0.25, -0.2) is 18.2 Å². The van der Waals surface area contributed by atoms with Crippen LogP contribution in [0, 0.1) is 0 Å². The van der Waals surface area contributed by atoms with E-state index in [1.165, 1.54) is 42.4 Å². The molecule has 0 amide bonds. The van der Waals surface area contributed by atoms with Crippen molar-refractivity contribution in [1.82, 2.24) is 4.31 Å². The first kappa shape index (κ1) is 30.0. The van der Waals surface area contributed by atoms with E-state index in [1.807, 2.05) is 0 Å². The molecule has 1 saturated heterocycles. The Balaban J connectivity index is 0.00000400. The number of carbonyl (C=O) groups excluding carboxylic acids is 1. The van der Waals surface area contributed by atoms with Gasteiger partial charge >= 0.3 is 5.97 Å². The van der Waals surface area contributed by atoms with Gasteiger partial charge in [-0.15, -0.1) is 11.8 Å². The predicted molar refractivity (Wildman–Crippen MR) is 144 cm³/mol. The van der Waals surface area contributed by atoms with Crippen LogP contribution in [-0.4, -0.2) is 56.1 Å². The summed E-state index contributed by atoms with van der Waals surface area (Å²) in [6.07, 6.45) is 2.47. The molecule has 1 aromatic heterocycles. The fourth-order valence-electron chi connectivity index (χ4n) is 3.95. The number of rotatable bonds is 9. The second kappa shape index (κ2) is 13.0. The second-order valence-electron chi connectivity index (χ2n) is 8.03. The lowest BCUT2D eigenvalue weighted by atomic mass is 10.0. The van der Waals surface area contributed by atoms with E-state index < -0.39 is 27.5 Å². The number of benzene rings is 2. The van der Waals surface area contributed by atoms with Crippen molar-refractivity contribution in [3.63, 3.8) is 0 Å². The number of aromatic nitrogens is 1. The zero-order chi connectivity index (χ0) is 26.6. The van der Waals surface area contributed by atoms with Gasteiger partial charge in [-0.2, -0.15) is 4.31 Å². The molecule has 1 aliphatic rings. The predicted octanol–water partition coefficient (Wildman–Crippen LogP) is 4.24. The lowest BCUT2D eigenvalue weighted by Gasteiger charge is -2.25. The van der Waals surface area contributed by atoms with E-state index in [2.05, 4.69) is 4.98 Å². The molecule has 4 rings (SSSR count). The molecule has 38 heavy (non-hydrogen) atoms. The number of thioether (sulfide) groups is 1. The lowest BCUT2D eigenvalue weighted by molar-refractivity contribution is -0.377. The molecule has 1 aliphatic heterocycles. The summed E-state index contributed by atoms with van der Waals surface area (Å²) in [5.74, 6) is 0.729. The normalized spacial score (nSPS) is 16.4. The molecule has 2 atom stereocenters. The van der Waals surface area contributed by atoms with Crippen molar-refractivity contribution >= 4 is 51.0 Å². The Hall–Kier alpha value is -2.54. The molecule has 204 valence electrons. The van der Waals surface area contributed by atoms with Crippen LogP contribution in [0.3, 0.4) is 0 Å². The highest BCUT2D eigenvalue weighted by Crippen LogP contribution is 2.37. The number of H-pyrrole nitrogens is 1. The first-order chi connectivity index (χ1) is 17.8. The maximum Gasteiger partial charge on any atom is 0.335 e. The molecule has 0 unspecified atom stereocenters. The highest BCUT2D eigenvalue weighted by atomic mass is 35.5. The number of pyridine rings is 1. The van der Waals surface area contributed by atoms with Crippen molar-refractivity contribution in [2.45, 2.75) is 22.8 Å². The van der Waals surface area contributed by atoms with Gasteiger partial charge in [-0.3, -0.25) is 0 Å². The molecule has 9 nitrogen and oxygen atoms in total. The Morgan fingerprint density at radius 1 is 1.08 bits per heavy atom. The summed E-state index contributed by atoms with van der Waals surface area (Å²) in [6.45, 7) is 0.189. The van der Waals surface area contributed by atoms with Crippen molar-refractivity contribution in [2.75, 3.05) is 26.5 Å². The van der Waals surface area contributed by atoms with Crippen LogP contribution >= 0.6 is 35.0 Å². The summed E-state index contributed by atoms with van der Waals surface area (Å²) in [4.78, 5) is 16.4. The summed E-state index contributed by atoms with van der Waals surface area (Å²) < 4.78 is 44.5. The maximum atomic E-state index is 13.5. The number of carbonyl (C=O) groups is 1. The number of hydrogen-bond donors (Lipinski definition) is 0. The van der Waals surface area contributed by atoms with Crippen LogP contribution in [0.4, 0.5) is 0 Å². The van der Waals surface area contributed by atoms with Crippen LogP contribution in [0.15, 0.2) is 65.8 Å². The second-order valence-corrected chi connectivity index (χ2v) is 11.9. The number of aromatic amines is 1. The molecule has 0 saturated carbocycles. The van der Waals surface area contributed by atoms with Crippen LogP contribution in [0.1, 0.15) is 17.2 Å². The summed E-state index contributed by atoms with van der Waals surface area (Å²) in [6, 6.07) is 13.2. The number of sulfonamides is 1. The summed E-state index contributed by atoms with van der Waals surface area (Å²) in [5.41, 5.74) is 1.17. The van der Waals surface area contributed by atoms with E-state index >= 15 is 0 Å². The Morgan fingerprint density at radius 3 is 2.37 bits per heavy atom. The topological polar surface area (TPSA) is 126 Å². The summed E-state index contributed by atoms with van der Waals surface area (Å²) in [5, 5.41) is -0.294. The fraction of sp³-hybridized carbons (Fsp3) is 0.280. The molecule has 13 heteroatoms. The Morgan fingerprint density at radius 2 is 1.74 bits per heavy atom. The summed E-state index contributed by atoms with van der Waals surface area (Å²) >= 11 is 14.0. The standard InChI is InChI=1S/C25H24Cl2N2O6S2.H2O/c1-33-21-9-8-16(12-23(21)34-2)22(13-18-19(26)14-28-15-20(18)27)35-25(30)24-29(10-11-36-24)37(31,32)17-6-4-3-5-7-17;/h3-9,12,14-15,22,24H,10-11,13H2,1-2H3;1H2/t22-,24-;/m0./s1. The molecule has 2 heterocycles. The minimum Gasteiger partial charge on any atom is -0.870 e. The van der Waals surface area contributed by atoms with Crippen LogP contribution in [0.5, 0.6) is 11.5 Å². The van der Waals surface area contributed by atoms with E-state index in [0.717, 1.165) is 0 Å². The van der Waals surface area contributed by atoms with Crippen molar-refractivity contribution < 1.29 is 37.9 Å². The average Bonchev–Trinajstić information content (AvgIpc) is 3.41. The smallest absolute Gasteiger partial charge is 0.335 e. The fourth-order valence-corrected chi connectivity index (χ4v) is 7.55. The minimum atomic E-state index is -3.90. The van der Waals surface area contributed by atoms with Crippen molar-refractivity contribution in [1.29, 1.82) is 0 Å². The molecule has 2 N–H and O–H groups in total. The number of ether oxygens (including phenoxy) is 3. The van der Waals surface area contributed by atoms with Gasteiger partial charge in [0.15, 0.2) is 29.3 Å². The third-order valence-corrected chi connectivity index (χ3v) is 9.69. The Bertz CT molecular complexity index is 1360. The highest BCUT2D eigenvalue weighted by Gasteiger charge is 2.42. The largest absolute Gasteiger partial charge is 0.870 e. The number of nitrogens with one attached hydrogen (secondary N) is 1. The van der Waals surface area contributed by atoms with Crippen molar-refractivity contribution in [3.8, 4) is 11.5 Å². The van der Waals surface area contributed by atoms with E-state index in [-0.39, 0.29) is 23.3 Å². The van der Waals surface area contributed by atoms with Crippen LogP contribution in [0.2, 0.25) is 10.0 Å². The monoisotopic (exact) mass is 600 g/mol. The first-order valence-electron chi connectivity index (χ1n) is 11.2. The molecular weight excluding hydrogens is 575 g/mol. The molecule has 0 spiro atoms. The lowest BCUT2D eigenvalue weighted by Crippen LogP contribution is -2.40. The molecule has 0 aliphatic carbocycles. The average molecular weight is 602 g/mol. The molecule has 3 aromatic rings. The van der Waals surface area contributed by atoms with Gasteiger partial charge in [0.05, 0.1) is 19.1 Å². The number of hydrogen-bond acceptors (Lipinski definition) is 8. The van der Waals surface area contributed by atoms with Crippen molar-refractivity contribution in [3.05, 3.63) is 82.1 Å². The number of esters is 1. The molecule has 0 radical (unpaired) electrons. The van der Waals surface area contributed by atoms with Gasteiger partial charge < -0.3 is 19.7 Å². The van der Waals surface area contributed by atoms with E-state index in [1.54, 1.807) is 48.8 Å². The third-order valence-electron chi connectivity index (χ3n) is 5.82. The molecule has 0 bridgehead atoms. The van der Waals surface area contributed by atoms with Gasteiger partial charge in [0.1, 0.15) is 16.1 Å². The number of halogens is 2. The van der Waals surface area contributed by atoms with Gasteiger partial charge in [0, 0.05) is 24.3 Å². The van der Waals surface area contributed by atoms with Crippen molar-refractivity contribution in [2.24, 2.45) is 0 Å². The van der Waals surface area contributed by atoms with E-state index in [9.17, 15) is 13.2 Å². The van der Waals surface area contributed by atoms with Gasteiger partial charge in [-0.1, -0.05) is 47.5 Å². The molecule has 1 fully saturated rings. The number of methoxy groups -OCH3 is 2.